The molecule has 1 saturated heterocycles. The summed E-state index contributed by atoms with van der Waals surface area (Å²) in [6.45, 7) is 5.87. The van der Waals surface area contributed by atoms with Crippen LogP contribution in [-0.2, 0) is 9.31 Å². The monoisotopic (exact) mass is 208 g/mol. The molecule has 0 radical (unpaired) electrons. The average molecular weight is 208 g/mol. The first kappa shape index (κ1) is 10.5. The minimum atomic E-state index is -0.510. The number of rotatable bonds is 2. The first-order valence-electron chi connectivity index (χ1n) is 4.91. The fraction of sp³-hybridized carbons (Fsp3) is 0.500. The first-order valence-corrected chi connectivity index (χ1v) is 4.91. The van der Waals surface area contributed by atoms with Gasteiger partial charge in [0.25, 0.3) is 0 Å². The number of hydrogen-bond donors (Lipinski definition) is 0. The molecule has 1 fully saturated rings. The SMILES string of the molecule is CC1OB(c2ccc(C=O)o2)OC1(C)C. The van der Waals surface area contributed by atoms with Crippen LogP contribution >= 0.6 is 0 Å². The van der Waals surface area contributed by atoms with Crippen molar-refractivity contribution in [2.75, 3.05) is 0 Å². The maximum absolute atomic E-state index is 10.5. The van der Waals surface area contributed by atoms with Crippen LogP contribution in [0, 0.1) is 0 Å². The van der Waals surface area contributed by atoms with E-state index in [0.717, 1.165) is 0 Å². The summed E-state index contributed by atoms with van der Waals surface area (Å²) in [5.41, 5.74) is 0.202. The summed E-state index contributed by atoms with van der Waals surface area (Å²) in [7, 11) is -0.510. The number of carbonyl (C=O) groups is 1. The molecule has 2 rings (SSSR count). The maximum Gasteiger partial charge on any atom is 0.532 e. The van der Waals surface area contributed by atoms with Gasteiger partial charge in [0.05, 0.1) is 11.7 Å². The van der Waals surface area contributed by atoms with E-state index >= 15 is 0 Å². The van der Waals surface area contributed by atoms with E-state index in [0.29, 0.717) is 11.9 Å². The van der Waals surface area contributed by atoms with Crippen molar-refractivity contribution < 1.29 is 18.5 Å². The fourth-order valence-electron chi connectivity index (χ4n) is 1.43. The van der Waals surface area contributed by atoms with E-state index in [-0.39, 0.29) is 17.5 Å². The van der Waals surface area contributed by atoms with Crippen LogP contribution in [0.25, 0.3) is 0 Å². The number of furan rings is 1. The van der Waals surface area contributed by atoms with E-state index in [1.165, 1.54) is 0 Å². The molecule has 0 aromatic carbocycles. The normalized spacial score (nSPS) is 24.5. The third-order valence-corrected chi connectivity index (χ3v) is 2.71. The molecule has 1 unspecified atom stereocenters. The highest BCUT2D eigenvalue weighted by Gasteiger charge is 2.45. The maximum atomic E-state index is 10.5. The lowest BCUT2D eigenvalue weighted by atomic mass is 9.86. The van der Waals surface area contributed by atoms with Crippen molar-refractivity contribution in [3.63, 3.8) is 0 Å². The molecule has 2 heterocycles. The molecule has 15 heavy (non-hydrogen) atoms. The van der Waals surface area contributed by atoms with E-state index < -0.39 is 7.12 Å². The zero-order valence-corrected chi connectivity index (χ0v) is 9.02. The molecule has 1 aromatic heterocycles. The van der Waals surface area contributed by atoms with Crippen LogP contribution in [0.5, 0.6) is 0 Å². The summed E-state index contributed by atoms with van der Waals surface area (Å²) in [6, 6.07) is 3.30. The van der Waals surface area contributed by atoms with Crippen LogP contribution in [0.4, 0.5) is 0 Å². The Morgan fingerprint density at radius 2 is 2.20 bits per heavy atom. The van der Waals surface area contributed by atoms with Crippen LogP contribution in [0.3, 0.4) is 0 Å². The van der Waals surface area contributed by atoms with Gasteiger partial charge in [-0.1, -0.05) is 0 Å². The molecule has 1 aliphatic rings. The third kappa shape index (κ3) is 1.85. The Balaban J connectivity index is 2.17. The summed E-state index contributed by atoms with van der Waals surface area (Å²) in [4.78, 5) is 10.5. The second-order valence-electron chi connectivity index (χ2n) is 4.19. The van der Waals surface area contributed by atoms with Crippen LogP contribution in [0.15, 0.2) is 16.5 Å². The van der Waals surface area contributed by atoms with E-state index in [9.17, 15) is 4.79 Å². The van der Waals surface area contributed by atoms with Gasteiger partial charge in [-0.3, -0.25) is 4.79 Å². The zero-order chi connectivity index (χ0) is 11.1. The second-order valence-corrected chi connectivity index (χ2v) is 4.19. The van der Waals surface area contributed by atoms with E-state index in [2.05, 4.69) is 0 Å². The lowest BCUT2D eigenvalue weighted by Crippen LogP contribution is -2.33. The van der Waals surface area contributed by atoms with Crippen molar-refractivity contribution in [2.45, 2.75) is 32.5 Å². The van der Waals surface area contributed by atoms with Crippen LogP contribution < -0.4 is 5.66 Å². The Morgan fingerprint density at radius 1 is 1.47 bits per heavy atom. The second kappa shape index (κ2) is 3.50. The molecule has 1 atom stereocenters. The summed E-state index contributed by atoms with van der Waals surface area (Å²) in [6.07, 6.45) is 0.653. The van der Waals surface area contributed by atoms with Gasteiger partial charge in [0.1, 0.15) is 5.66 Å². The van der Waals surface area contributed by atoms with Crippen molar-refractivity contribution in [2.24, 2.45) is 0 Å². The van der Waals surface area contributed by atoms with Gasteiger partial charge < -0.3 is 13.7 Å². The van der Waals surface area contributed by atoms with Crippen molar-refractivity contribution in [3.05, 3.63) is 17.9 Å². The molecule has 0 spiro atoms. The van der Waals surface area contributed by atoms with Crippen LogP contribution in [0.2, 0.25) is 0 Å². The quantitative estimate of drug-likeness (QED) is 0.537. The summed E-state index contributed by atoms with van der Waals surface area (Å²) in [5, 5.41) is 0. The Kier molecular flexibility index (Phi) is 2.44. The molecule has 5 heteroatoms. The van der Waals surface area contributed by atoms with Gasteiger partial charge in [-0.25, -0.2) is 0 Å². The minimum absolute atomic E-state index is 0.00715. The van der Waals surface area contributed by atoms with Gasteiger partial charge in [-0.15, -0.1) is 0 Å². The molecule has 1 aromatic rings. The van der Waals surface area contributed by atoms with Gasteiger partial charge in [0.2, 0.25) is 0 Å². The summed E-state index contributed by atoms with van der Waals surface area (Å²) in [5.74, 6) is 0.287. The number of hydrogen-bond acceptors (Lipinski definition) is 4. The van der Waals surface area contributed by atoms with E-state index in [1.54, 1.807) is 12.1 Å². The van der Waals surface area contributed by atoms with E-state index in [4.69, 9.17) is 13.7 Å². The molecule has 0 N–H and O–H groups in total. The Hall–Kier alpha value is -1.07. The van der Waals surface area contributed by atoms with Crippen molar-refractivity contribution >= 4 is 19.1 Å². The largest absolute Gasteiger partial charge is 0.532 e. The molecule has 0 aliphatic carbocycles. The predicted octanol–water partition coefficient (Wildman–Crippen LogP) is 1.00. The topological polar surface area (TPSA) is 48.7 Å². The van der Waals surface area contributed by atoms with Gasteiger partial charge in [0.15, 0.2) is 12.0 Å². The highest BCUT2D eigenvalue weighted by atomic mass is 16.7. The fourth-order valence-corrected chi connectivity index (χ4v) is 1.43. The average Bonchev–Trinajstić information content (AvgIpc) is 2.72. The van der Waals surface area contributed by atoms with Gasteiger partial charge >= 0.3 is 7.12 Å². The van der Waals surface area contributed by atoms with Crippen molar-refractivity contribution in [1.29, 1.82) is 0 Å². The van der Waals surface area contributed by atoms with Crippen molar-refractivity contribution in [1.82, 2.24) is 0 Å². The number of carbonyl (C=O) groups excluding carboxylic acids is 1. The van der Waals surface area contributed by atoms with Gasteiger partial charge in [-0.2, -0.15) is 0 Å². The van der Waals surface area contributed by atoms with Crippen molar-refractivity contribution in [3.8, 4) is 0 Å². The smallest absolute Gasteiger partial charge is 0.462 e. The molecule has 0 saturated carbocycles. The Bertz CT molecular complexity index is 371. The summed E-state index contributed by atoms with van der Waals surface area (Å²) < 4.78 is 16.5. The molecule has 1 aliphatic heterocycles. The third-order valence-electron chi connectivity index (χ3n) is 2.71. The molecular weight excluding hydrogens is 195 g/mol. The lowest BCUT2D eigenvalue weighted by molar-refractivity contribution is 0.0841. The Morgan fingerprint density at radius 3 is 2.67 bits per heavy atom. The summed E-state index contributed by atoms with van der Waals surface area (Å²) >= 11 is 0. The zero-order valence-electron chi connectivity index (χ0n) is 9.02. The predicted molar refractivity (Wildman–Crippen MR) is 55.2 cm³/mol. The standard InChI is InChI=1S/C10H13BO4/c1-7-10(2,3)15-11(14-7)9-5-4-8(6-12)13-9/h4-7H,1-3H3. The minimum Gasteiger partial charge on any atom is -0.462 e. The number of aldehydes is 1. The molecule has 0 amide bonds. The van der Waals surface area contributed by atoms with Gasteiger partial charge in [0, 0.05) is 0 Å². The molecule has 0 bridgehead atoms. The van der Waals surface area contributed by atoms with Crippen LogP contribution in [0.1, 0.15) is 31.3 Å². The van der Waals surface area contributed by atoms with E-state index in [1.807, 2.05) is 20.8 Å². The molecule has 4 nitrogen and oxygen atoms in total. The Labute approximate surface area is 88.7 Å². The molecule has 80 valence electrons. The highest BCUT2D eigenvalue weighted by molar-refractivity contribution is 6.60. The van der Waals surface area contributed by atoms with Crippen LogP contribution in [-0.4, -0.2) is 25.1 Å². The highest BCUT2D eigenvalue weighted by Crippen LogP contribution is 2.26. The van der Waals surface area contributed by atoms with Gasteiger partial charge in [-0.05, 0) is 32.9 Å². The lowest BCUT2D eigenvalue weighted by Gasteiger charge is -2.21. The molecular formula is C10H13BO4. The first-order chi connectivity index (χ1) is 7.03.